The van der Waals surface area contributed by atoms with Crippen molar-refractivity contribution in [1.29, 1.82) is 0 Å². The number of rotatable bonds is 8. The average Bonchev–Trinajstić information content (AvgIpc) is 3.21. The van der Waals surface area contributed by atoms with E-state index in [1.807, 2.05) is 6.07 Å². The van der Waals surface area contributed by atoms with Gasteiger partial charge in [-0.3, -0.25) is 0 Å². The summed E-state index contributed by atoms with van der Waals surface area (Å²) in [6, 6.07) is 1.88. The summed E-state index contributed by atoms with van der Waals surface area (Å²) in [6.07, 6.45) is 6.53. The van der Waals surface area contributed by atoms with Crippen molar-refractivity contribution in [3.63, 3.8) is 0 Å². The number of fused-ring (bicyclic) bond motifs is 1. The number of H-pyrrole nitrogens is 1. The van der Waals surface area contributed by atoms with Gasteiger partial charge in [-0.15, -0.1) is 0 Å². The van der Waals surface area contributed by atoms with Crippen LogP contribution in [0.15, 0.2) is 25.0 Å². The molecule has 0 saturated heterocycles. The molecule has 0 atom stereocenters. The predicted molar refractivity (Wildman–Crippen MR) is 104 cm³/mol. The average molecular weight is 390 g/mol. The molecule has 8 nitrogen and oxygen atoms in total. The van der Waals surface area contributed by atoms with Gasteiger partial charge in [-0.25, -0.2) is 4.98 Å². The van der Waals surface area contributed by atoms with Crippen LogP contribution in [0.1, 0.15) is 31.2 Å². The molecule has 0 aromatic carbocycles. The summed E-state index contributed by atoms with van der Waals surface area (Å²) in [5.74, 6) is 0.608. The maximum absolute atomic E-state index is 12.0. The normalized spacial score (nSPS) is 22.4. The van der Waals surface area contributed by atoms with Crippen LogP contribution in [0, 0.1) is 5.92 Å². The number of hydrogen-bond acceptors (Lipinski definition) is 5. The fourth-order valence-electron chi connectivity index (χ4n) is 3.47. The lowest BCUT2D eigenvalue weighted by Crippen LogP contribution is -2.49. The van der Waals surface area contributed by atoms with Gasteiger partial charge in [0.2, 0.25) is 0 Å². The van der Waals surface area contributed by atoms with E-state index in [1.54, 1.807) is 12.4 Å². The standard InChI is InChI=1S/C17H23BN4O4S/c1-10(11-7-13(8-11)22-27(24,25)21-12-3-4-12)16-14-5-6-19-17(14)20-9-15(16)26-18(2)23/h5-6,9,11-13,21-23H,1,3-4,7-8H2,2H3,(H,19,20). The van der Waals surface area contributed by atoms with Crippen molar-refractivity contribution in [2.24, 2.45) is 5.92 Å². The minimum absolute atomic E-state index is 0.0900. The third-order valence-electron chi connectivity index (χ3n) is 5.02. The van der Waals surface area contributed by atoms with E-state index in [0.29, 0.717) is 24.2 Å². The minimum Gasteiger partial charge on any atom is -0.535 e. The summed E-state index contributed by atoms with van der Waals surface area (Å²) in [4.78, 5) is 7.37. The number of hydrogen-bond donors (Lipinski definition) is 4. The molecule has 0 unspecified atom stereocenters. The Morgan fingerprint density at radius 3 is 2.74 bits per heavy atom. The van der Waals surface area contributed by atoms with Gasteiger partial charge in [-0.2, -0.15) is 17.9 Å². The lowest BCUT2D eigenvalue weighted by Gasteiger charge is -2.37. The van der Waals surface area contributed by atoms with Crippen LogP contribution in [0.3, 0.4) is 0 Å². The molecule has 4 rings (SSSR count). The maximum Gasteiger partial charge on any atom is 0.519 e. The summed E-state index contributed by atoms with van der Waals surface area (Å²) in [6.45, 7) is 5.77. The third-order valence-corrected chi connectivity index (χ3v) is 6.31. The van der Waals surface area contributed by atoms with E-state index in [2.05, 4.69) is 26.0 Å². The molecule has 2 heterocycles. The first-order valence-corrected chi connectivity index (χ1v) is 10.6. The third kappa shape index (κ3) is 4.03. The molecule has 2 aliphatic carbocycles. The molecule has 10 heteroatoms. The van der Waals surface area contributed by atoms with Gasteiger partial charge in [-0.1, -0.05) is 6.58 Å². The highest BCUT2D eigenvalue weighted by Crippen LogP contribution is 2.43. The lowest BCUT2D eigenvalue weighted by atomic mass is 9.74. The van der Waals surface area contributed by atoms with Gasteiger partial charge in [0.1, 0.15) is 11.4 Å². The molecular weight excluding hydrogens is 367 g/mol. The number of pyridine rings is 1. The van der Waals surface area contributed by atoms with Crippen LogP contribution in [0.2, 0.25) is 6.82 Å². The molecule has 2 fully saturated rings. The summed E-state index contributed by atoms with van der Waals surface area (Å²) in [5, 5.41) is 10.5. The quantitative estimate of drug-likeness (QED) is 0.509. The van der Waals surface area contributed by atoms with Crippen LogP contribution in [0.25, 0.3) is 16.6 Å². The molecule has 0 aliphatic heterocycles. The zero-order chi connectivity index (χ0) is 19.2. The minimum atomic E-state index is -3.44. The van der Waals surface area contributed by atoms with Crippen molar-refractivity contribution in [1.82, 2.24) is 19.4 Å². The second-order valence-corrected chi connectivity index (χ2v) is 8.84. The van der Waals surface area contributed by atoms with Crippen LogP contribution in [0.4, 0.5) is 0 Å². The number of aromatic amines is 1. The largest absolute Gasteiger partial charge is 0.535 e. The summed E-state index contributed by atoms with van der Waals surface area (Å²) < 4.78 is 34.9. The fraction of sp³-hybridized carbons (Fsp3) is 0.471. The van der Waals surface area contributed by atoms with E-state index in [4.69, 9.17) is 4.65 Å². The number of nitrogens with zero attached hydrogens (tertiary/aromatic N) is 1. The molecular formula is C17H23BN4O4S. The van der Waals surface area contributed by atoms with Crippen molar-refractivity contribution in [2.45, 2.75) is 44.6 Å². The Balaban J connectivity index is 1.48. The van der Waals surface area contributed by atoms with Gasteiger partial charge in [0.15, 0.2) is 0 Å². The Labute approximate surface area is 158 Å². The molecule has 2 aromatic rings. The summed E-state index contributed by atoms with van der Waals surface area (Å²) in [5.41, 5.74) is 2.39. The highest BCUT2D eigenvalue weighted by atomic mass is 32.2. The molecule has 4 N–H and O–H groups in total. The molecule has 0 radical (unpaired) electrons. The highest BCUT2D eigenvalue weighted by Gasteiger charge is 2.37. The second kappa shape index (κ2) is 6.94. The van der Waals surface area contributed by atoms with Crippen molar-refractivity contribution >= 4 is 33.9 Å². The number of nitrogens with one attached hydrogen (secondary N) is 3. The van der Waals surface area contributed by atoms with Crippen molar-refractivity contribution in [2.75, 3.05) is 0 Å². The lowest BCUT2D eigenvalue weighted by molar-refractivity contribution is 0.309. The Morgan fingerprint density at radius 1 is 1.37 bits per heavy atom. The van der Waals surface area contributed by atoms with Crippen LogP contribution in [-0.4, -0.2) is 42.6 Å². The molecule has 0 amide bonds. The first kappa shape index (κ1) is 18.5. The zero-order valence-electron chi connectivity index (χ0n) is 15.1. The molecule has 144 valence electrons. The first-order valence-electron chi connectivity index (χ1n) is 9.12. The first-order chi connectivity index (χ1) is 12.8. The van der Waals surface area contributed by atoms with Crippen LogP contribution in [0.5, 0.6) is 5.75 Å². The van der Waals surface area contributed by atoms with E-state index < -0.39 is 17.3 Å². The summed E-state index contributed by atoms with van der Waals surface area (Å²) in [7, 11) is -4.41. The number of allylic oxidation sites excluding steroid dienone is 1. The fourth-order valence-corrected chi connectivity index (χ4v) is 4.84. The van der Waals surface area contributed by atoms with Crippen molar-refractivity contribution in [3.8, 4) is 5.75 Å². The molecule has 2 aliphatic rings. The highest BCUT2D eigenvalue weighted by molar-refractivity contribution is 7.87. The van der Waals surface area contributed by atoms with E-state index in [9.17, 15) is 13.4 Å². The van der Waals surface area contributed by atoms with Gasteiger partial charge in [0.05, 0.1) is 6.20 Å². The van der Waals surface area contributed by atoms with Crippen LogP contribution >= 0.6 is 0 Å². The topological polar surface area (TPSA) is 116 Å². The van der Waals surface area contributed by atoms with Crippen molar-refractivity contribution in [3.05, 3.63) is 30.6 Å². The second-order valence-electron chi connectivity index (χ2n) is 7.36. The molecule has 27 heavy (non-hydrogen) atoms. The van der Waals surface area contributed by atoms with E-state index in [0.717, 1.165) is 29.4 Å². The van der Waals surface area contributed by atoms with Crippen LogP contribution in [-0.2, 0) is 10.2 Å². The van der Waals surface area contributed by atoms with Gasteiger partial charge in [-0.05, 0) is 50.1 Å². The van der Waals surface area contributed by atoms with Gasteiger partial charge in [0, 0.05) is 29.2 Å². The number of aromatic nitrogens is 2. The van der Waals surface area contributed by atoms with Gasteiger partial charge < -0.3 is 14.7 Å². The van der Waals surface area contributed by atoms with Gasteiger partial charge in [0.25, 0.3) is 10.2 Å². The van der Waals surface area contributed by atoms with Crippen LogP contribution < -0.4 is 14.1 Å². The Kier molecular flexibility index (Phi) is 4.75. The monoisotopic (exact) mass is 390 g/mol. The SMILES string of the molecule is C=C(c1c(OB(C)O)cnc2[nH]ccc12)C1CC(NS(=O)(=O)NC2CC2)C1. The molecule has 2 saturated carbocycles. The van der Waals surface area contributed by atoms with Crippen molar-refractivity contribution < 1.29 is 18.1 Å². The smallest absolute Gasteiger partial charge is 0.519 e. The Morgan fingerprint density at radius 2 is 2.07 bits per heavy atom. The maximum atomic E-state index is 12.0. The van der Waals surface area contributed by atoms with Gasteiger partial charge >= 0.3 is 7.12 Å². The molecule has 2 aromatic heterocycles. The predicted octanol–water partition coefficient (Wildman–Crippen LogP) is 1.43. The zero-order valence-corrected chi connectivity index (χ0v) is 15.9. The molecule has 0 bridgehead atoms. The van der Waals surface area contributed by atoms with E-state index >= 15 is 0 Å². The Bertz CT molecular complexity index is 964. The summed E-state index contributed by atoms with van der Waals surface area (Å²) >= 11 is 0. The van der Waals surface area contributed by atoms with E-state index in [-0.39, 0.29) is 18.0 Å². The van der Waals surface area contributed by atoms with E-state index in [1.165, 1.54) is 6.82 Å². The Hall–Kier alpha value is -1.88. The molecule has 0 spiro atoms.